The summed E-state index contributed by atoms with van der Waals surface area (Å²) in [6, 6.07) is 3.90. The first-order valence-corrected chi connectivity index (χ1v) is 6.51. The van der Waals surface area contributed by atoms with Crippen molar-refractivity contribution in [1.29, 1.82) is 0 Å². The molecule has 0 aliphatic carbocycles. The number of nitrogens with zero attached hydrogens (tertiary/aromatic N) is 1. The summed E-state index contributed by atoms with van der Waals surface area (Å²) in [5.74, 6) is -2.57. The highest BCUT2D eigenvalue weighted by Crippen LogP contribution is 2.22. The predicted octanol–water partition coefficient (Wildman–Crippen LogP) is 1.60. The average molecular weight is 284 g/mol. The number of carboxylic acids is 1. The van der Waals surface area contributed by atoms with Crippen molar-refractivity contribution >= 4 is 5.97 Å². The van der Waals surface area contributed by atoms with Gasteiger partial charge in [-0.05, 0) is 31.0 Å². The summed E-state index contributed by atoms with van der Waals surface area (Å²) in [6.07, 6.45) is 0.823. The third-order valence-corrected chi connectivity index (χ3v) is 3.61. The maximum absolute atomic E-state index is 13.1. The molecule has 1 aliphatic rings. The number of benzene rings is 1. The summed E-state index contributed by atoms with van der Waals surface area (Å²) in [6.45, 7) is 3.90. The lowest BCUT2D eigenvalue weighted by atomic mass is 10.0. The van der Waals surface area contributed by atoms with Gasteiger partial charge in [0.25, 0.3) is 0 Å². The lowest BCUT2D eigenvalue weighted by Crippen LogP contribution is -2.46. The monoisotopic (exact) mass is 284 g/mol. The maximum Gasteiger partial charge on any atom is 0.317 e. The smallest absolute Gasteiger partial charge is 0.317 e. The van der Waals surface area contributed by atoms with Crippen molar-refractivity contribution in [1.82, 2.24) is 10.2 Å². The molecule has 6 heteroatoms. The Morgan fingerprint density at radius 2 is 2.20 bits per heavy atom. The molecule has 1 atom stereocenters. The van der Waals surface area contributed by atoms with E-state index in [0.29, 0.717) is 18.7 Å². The molecule has 0 aromatic heterocycles. The van der Waals surface area contributed by atoms with Gasteiger partial charge in [0.2, 0.25) is 0 Å². The number of halogens is 2. The van der Waals surface area contributed by atoms with Gasteiger partial charge in [-0.15, -0.1) is 0 Å². The number of aliphatic carboxylic acids is 1. The summed E-state index contributed by atoms with van der Waals surface area (Å²) in [5, 5.41) is 11.7. The number of nitrogens with one attached hydrogen (secondary N) is 1. The summed E-state index contributed by atoms with van der Waals surface area (Å²) in [5.41, 5.74) is 0.461. The van der Waals surface area contributed by atoms with Gasteiger partial charge in [0.05, 0.1) is 6.54 Å². The number of carboxylic acid groups (broad SMARTS) is 1. The van der Waals surface area contributed by atoms with E-state index in [1.165, 1.54) is 6.07 Å². The van der Waals surface area contributed by atoms with E-state index in [0.717, 1.165) is 19.0 Å². The molecule has 1 aliphatic heterocycles. The van der Waals surface area contributed by atoms with E-state index in [1.54, 1.807) is 6.07 Å². The molecule has 0 spiro atoms. The number of hydrogen-bond donors (Lipinski definition) is 2. The molecule has 0 radical (unpaired) electrons. The molecule has 1 heterocycles. The van der Waals surface area contributed by atoms with Crippen LogP contribution in [0.25, 0.3) is 0 Å². The minimum absolute atomic E-state index is 0.0739. The van der Waals surface area contributed by atoms with Gasteiger partial charge in [-0.1, -0.05) is 6.07 Å². The molecule has 1 saturated heterocycles. The Morgan fingerprint density at radius 3 is 2.85 bits per heavy atom. The number of likely N-dealkylation sites (tertiary alicyclic amines) is 1. The molecule has 1 fully saturated rings. The van der Waals surface area contributed by atoms with Crippen molar-refractivity contribution in [2.45, 2.75) is 25.4 Å². The first-order valence-electron chi connectivity index (χ1n) is 6.51. The Labute approximate surface area is 116 Å². The van der Waals surface area contributed by atoms with Gasteiger partial charge in [-0.2, -0.15) is 0 Å². The second kappa shape index (κ2) is 5.85. The highest BCUT2D eigenvalue weighted by molar-refractivity contribution is 5.69. The molecular weight excluding hydrogens is 266 g/mol. The molecule has 1 aromatic carbocycles. The van der Waals surface area contributed by atoms with E-state index in [9.17, 15) is 13.6 Å². The number of hydrogen-bond acceptors (Lipinski definition) is 3. The van der Waals surface area contributed by atoms with E-state index < -0.39 is 17.6 Å². The molecular formula is C14H18F2N2O2. The van der Waals surface area contributed by atoms with E-state index >= 15 is 0 Å². The largest absolute Gasteiger partial charge is 0.480 e. The average Bonchev–Trinajstić information content (AvgIpc) is 2.74. The van der Waals surface area contributed by atoms with Gasteiger partial charge < -0.3 is 10.4 Å². The standard InChI is InChI=1S/C14H18F2N2O2/c1-14(17-7-13(19)20)4-5-18(9-14)8-10-2-3-11(15)12(16)6-10/h2-3,6,17H,4-5,7-9H2,1H3,(H,19,20)/t14-/m1/s1. The van der Waals surface area contributed by atoms with Crippen LogP contribution in [-0.2, 0) is 11.3 Å². The molecule has 110 valence electrons. The third-order valence-electron chi connectivity index (χ3n) is 3.61. The Bertz CT molecular complexity index is 510. The topological polar surface area (TPSA) is 52.6 Å². The van der Waals surface area contributed by atoms with E-state index in [4.69, 9.17) is 5.11 Å². The molecule has 0 unspecified atom stereocenters. The molecule has 0 bridgehead atoms. The SMILES string of the molecule is C[C@@]1(NCC(=O)O)CCN(Cc2ccc(F)c(F)c2)C1. The summed E-state index contributed by atoms with van der Waals surface area (Å²) in [7, 11) is 0. The van der Waals surface area contributed by atoms with Crippen molar-refractivity contribution in [3.8, 4) is 0 Å². The second-order valence-corrected chi connectivity index (χ2v) is 5.52. The van der Waals surface area contributed by atoms with Crippen molar-refractivity contribution in [3.63, 3.8) is 0 Å². The predicted molar refractivity (Wildman–Crippen MR) is 70.3 cm³/mol. The first-order chi connectivity index (χ1) is 9.38. The quantitative estimate of drug-likeness (QED) is 0.862. The molecule has 4 nitrogen and oxygen atoms in total. The van der Waals surface area contributed by atoms with Crippen molar-refractivity contribution in [2.24, 2.45) is 0 Å². The molecule has 1 aromatic rings. The highest BCUT2D eigenvalue weighted by Gasteiger charge is 2.33. The van der Waals surface area contributed by atoms with Crippen LogP contribution in [0.5, 0.6) is 0 Å². The number of rotatable bonds is 5. The Kier molecular flexibility index (Phi) is 4.35. The summed E-state index contributed by atoms with van der Waals surface area (Å²) in [4.78, 5) is 12.7. The van der Waals surface area contributed by atoms with Gasteiger partial charge in [0, 0.05) is 25.2 Å². The third kappa shape index (κ3) is 3.74. The van der Waals surface area contributed by atoms with Crippen LogP contribution in [0.2, 0.25) is 0 Å². The van der Waals surface area contributed by atoms with Crippen LogP contribution in [-0.4, -0.2) is 41.1 Å². The van der Waals surface area contributed by atoms with Crippen LogP contribution in [0.15, 0.2) is 18.2 Å². The fourth-order valence-electron chi connectivity index (χ4n) is 2.52. The Morgan fingerprint density at radius 1 is 1.45 bits per heavy atom. The molecule has 2 N–H and O–H groups in total. The van der Waals surface area contributed by atoms with Crippen LogP contribution < -0.4 is 5.32 Å². The lowest BCUT2D eigenvalue weighted by Gasteiger charge is -2.25. The van der Waals surface area contributed by atoms with Crippen molar-refractivity contribution < 1.29 is 18.7 Å². The second-order valence-electron chi connectivity index (χ2n) is 5.52. The van der Waals surface area contributed by atoms with Gasteiger partial charge in [-0.25, -0.2) is 8.78 Å². The summed E-state index contributed by atoms with van der Waals surface area (Å²) < 4.78 is 26.0. The van der Waals surface area contributed by atoms with E-state index in [-0.39, 0.29) is 12.1 Å². The van der Waals surface area contributed by atoms with Gasteiger partial charge in [0.15, 0.2) is 11.6 Å². The zero-order chi connectivity index (χ0) is 14.8. The zero-order valence-electron chi connectivity index (χ0n) is 11.3. The van der Waals surface area contributed by atoms with Gasteiger partial charge in [-0.3, -0.25) is 9.69 Å². The van der Waals surface area contributed by atoms with E-state index in [2.05, 4.69) is 10.2 Å². The first kappa shape index (κ1) is 14.9. The maximum atomic E-state index is 13.1. The Hall–Kier alpha value is -1.53. The molecule has 0 saturated carbocycles. The van der Waals surface area contributed by atoms with Crippen LogP contribution in [0.3, 0.4) is 0 Å². The van der Waals surface area contributed by atoms with Gasteiger partial charge >= 0.3 is 5.97 Å². The van der Waals surface area contributed by atoms with Crippen molar-refractivity contribution in [3.05, 3.63) is 35.4 Å². The van der Waals surface area contributed by atoms with Gasteiger partial charge in [0.1, 0.15) is 0 Å². The van der Waals surface area contributed by atoms with E-state index in [1.807, 2.05) is 6.92 Å². The highest BCUT2D eigenvalue weighted by atomic mass is 19.2. The molecule has 20 heavy (non-hydrogen) atoms. The number of carbonyl (C=O) groups is 1. The molecule has 2 rings (SSSR count). The van der Waals surface area contributed by atoms with Crippen LogP contribution in [0.1, 0.15) is 18.9 Å². The normalized spacial score (nSPS) is 23.1. The van der Waals surface area contributed by atoms with Crippen LogP contribution in [0.4, 0.5) is 8.78 Å². The Balaban J connectivity index is 1.92. The lowest BCUT2D eigenvalue weighted by molar-refractivity contribution is -0.136. The minimum Gasteiger partial charge on any atom is -0.480 e. The van der Waals surface area contributed by atoms with Crippen LogP contribution in [0, 0.1) is 11.6 Å². The minimum atomic E-state index is -0.884. The van der Waals surface area contributed by atoms with Crippen LogP contribution >= 0.6 is 0 Å². The fraction of sp³-hybridized carbons (Fsp3) is 0.500. The zero-order valence-corrected chi connectivity index (χ0v) is 11.3. The molecule has 0 amide bonds. The fourth-order valence-corrected chi connectivity index (χ4v) is 2.52. The van der Waals surface area contributed by atoms with Crippen molar-refractivity contribution in [2.75, 3.05) is 19.6 Å². The summed E-state index contributed by atoms with van der Waals surface area (Å²) >= 11 is 0.